The molecule has 3 unspecified atom stereocenters. The van der Waals surface area contributed by atoms with E-state index in [1.807, 2.05) is 27.2 Å². The lowest BCUT2D eigenvalue weighted by atomic mass is 10.0. The lowest BCUT2D eigenvalue weighted by Gasteiger charge is -2.25. The fourth-order valence-corrected chi connectivity index (χ4v) is 9.01. The monoisotopic (exact) mass is 976 g/mol. The first-order valence-corrected chi connectivity index (χ1v) is 30.2. The minimum atomic E-state index is -4.34. The molecule has 0 aliphatic carbocycles. The second kappa shape index (κ2) is 50.2. The summed E-state index contributed by atoms with van der Waals surface area (Å²) in [6.45, 7) is 4.70. The predicted molar refractivity (Wildman–Crippen MR) is 295 cm³/mol. The van der Waals surface area contributed by atoms with E-state index in [0.29, 0.717) is 17.4 Å². The zero-order valence-electron chi connectivity index (χ0n) is 45.3. The SMILES string of the molecule is CC/C=C\C/C=C\C/C=C\C/C=C\CCCCCCCCCCCCCCCCCCCCCCCCC(=O)NC(COP(=O)(O)OCC[N+](C)(C)C)C(O)/C=C/CCCCCCCCCCC. The number of amides is 1. The van der Waals surface area contributed by atoms with Gasteiger partial charge in [-0.15, -0.1) is 0 Å². The number of phosphoric ester groups is 1. The van der Waals surface area contributed by atoms with E-state index >= 15 is 0 Å². The van der Waals surface area contributed by atoms with Gasteiger partial charge < -0.3 is 19.8 Å². The van der Waals surface area contributed by atoms with Crippen LogP contribution < -0.4 is 5.32 Å². The van der Waals surface area contributed by atoms with Crippen molar-refractivity contribution in [1.82, 2.24) is 5.32 Å². The number of carbonyl (C=O) groups excluding carboxylic acids is 1. The van der Waals surface area contributed by atoms with Gasteiger partial charge in [0.05, 0.1) is 39.9 Å². The molecule has 0 aromatic heterocycles. The van der Waals surface area contributed by atoms with Gasteiger partial charge in [-0.2, -0.15) is 0 Å². The third kappa shape index (κ3) is 52.0. The van der Waals surface area contributed by atoms with Crippen LogP contribution in [0.1, 0.15) is 258 Å². The summed E-state index contributed by atoms with van der Waals surface area (Å²) in [4.78, 5) is 23.2. The molecule has 0 spiro atoms. The van der Waals surface area contributed by atoms with Crippen LogP contribution in [0.25, 0.3) is 0 Å². The van der Waals surface area contributed by atoms with Crippen LogP contribution in [0.5, 0.6) is 0 Å². The Labute approximate surface area is 422 Å². The van der Waals surface area contributed by atoms with Gasteiger partial charge in [-0.3, -0.25) is 13.8 Å². The Balaban J connectivity index is 3.93. The number of rotatable bonds is 52. The molecule has 8 nitrogen and oxygen atoms in total. The average Bonchev–Trinajstić information content (AvgIpc) is 3.30. The van der Waals surface area contributed by atoms with Gasteiger partial charge in [-0.1, -0.05) is 254 Å². The maximum atomic E-state index is 12.9. The number of aliphatic hydroxyl groups excluding tert-OH is 1. The molecule has 0 rings (SSSR count). The maximum Gasteiger partial charge on any atom is 0.472 e. The Morgan fingerprint density at radius 1 is 0.515 bits per heavy atom. The molecule has 0 saturated heterocycles. The predicted octanol–water partition coefficient (Wildman–Crippen LogP) is 17.3. The topological polar surface area (TPSA) is 105 Å². The minimum absolute atomic E-state index is 0.0619. The number of hydrogen-bond acceptors (Lipinski definition) is 5. The fraction of sp³-hybridized carbons (Fsp3) is 0.814. The molecule has 0 bridgehead atoms. The van der Waals surface area contributed by atoms with Crippen molar-refractivity contribution in [3.63, 3.8) is 0 Å². The number of quaternary nitrogens is 1. The van der Waals surface area contributed by atoms with Gasteiger partial charge in [-0.05, 0) is 57.8 Å². The lowest BCUT2D eigenvalue weighted by Crippen LogP contribution is -2.45. The van der Waals surface area contributed by atoms with Crippen LogP contribution in [0.2, 0.25) is 0 Å². The number of unbranched alkanes of at least 4 members (excludes halogenated alkanes) is 31. The van der Waals surface area contributed by atoms with E-state index in [9.17, 15) is 19.4 Å². The van der Waals surface area contributed by atoms with Crippen molar-refractivity contribution in [2.45, 2.75) is 270 Å². The second-order valence-electron chi connectivity index (χ2n) is 20.6. The fourth-order valence-electron chi connectivity index (χ4n) is 8.27. The molecule has 0 aromatic rings. The van der Waals surface area contributed by atoms with Crippen molar-refractivity contribution in [2.75, 3.05) is 40.9 Å². The van der Waals surface area contributed by atoms with Crippen LogP contribution in [-0.2, 0) is 18.4 Å². The highest BCUT2D eigenvalue weighted by molar-refractivity contribution is 7.47. The Kier molecular flexibility index (Phi) is 48.8. The molecule has 398 valence electrons. The van der Waals surface area contributed by atoms with Crippen molar-refractivity contribution in [3.8, 4) is 0 Å². The largest absolute Gasteiger partial charge is 0.472 e. The highest BCUT2D eigenvalue weighted by Gasteiger charge is 2.27. The summed E-state index contributed by atoms with van der Waals surface area (Å²) >= 11 is 0. The van der Waals surface area contributed by atoms with E-state index < -0.39 is 20.0 Å². The Hall–Kier alpha value is -1.80. The summed E-state index contributed by atoms with van der Waals surface area (Å²) in [5.74, 6) is -0.176. The van der Waals surface area contributed by atoms with Gasteiger partial charge in [0.25, 0.3) is 0 Å². The zero-order valence-corrected chi connectivity index (χ0v) is 46.2. The van der Waals surface area contributed by atoms with E-state index in [2.05, 4.69) is 67.8 Å². The molecule has 0 fully saturated rings. The molecular weight excluding hydrogens is 864 g/mol. The molecule has 68 heavy (non-hydrogen) atoms. The molecular formula is C59H112N2O6P+. The van der Waals surface area contributed by atoms with Gasteiger partial charge in [0.15, 0.2) is 0 Å². The summed E-state index contributed by atoms with van der Waals surface area (Å²) in [6, 6.07) is -0.844. The van der Waals surface area contributed by atoms with E-state index in [1.54, 1.807) is 6.08 Å². The minimum Gasteiger partial charge on any atom is -0.387 e. The Morgan fingerprint density at radius 2 is 0.882 bits per heavy atom. The van der Waals surface area contributed by atoms with Crippen LogP contribution in [0.3, 0.4) is 0 Å². The smallest absolute Gasteiger partial charge is 0.387 e. The average molecular weight is 977 g/mol. The highest BCUT2D eigenvalue weighted by Crippen LogP contribution is 2.43. The van der Waals surface area contributed by atoms with Crippen LogP contribution in [0, 0.1) is 0 Å². The normalized spacial score (nSPS) is 14.4. The number of hydrogen-bond donors (Lipinski definition) is 3. The van der Waals surface area contributed by atoms with Crippen LogP contribution in [0.15, 0.2) is 60.8 Å². The number of nitrogens with zero attached hydrogens (tertiary/aromatic N) is 1. The van der Waals surface area contributed by atoms with Crippen LogP contribution in [0.4, 0.5) is 0 Å². The number of likely N-dealkylation sites (N-methyl/N-ethyl adjacent to an activating group) is 1. The third-order valence-electron chi connectivity index (χ3n) is 12.7. The first kappa shape index (κ1) is 66.2. The van der Waals surface area contributed by atoms with E-state index in [1.165, 1.54) is 173 Å². The molecule has 0 heterocycles. The quantitative estimate of drug-likeness (QED) is 0.0243. The summed E-state index contributed by atoms with van der Waals surface area (Å²) in [5, 5.41) is 13.9. The maximum absolute atomic E-state index is 12.9. The second-order valence-corrected chi connectivity index (χ2v) is 22.1. The number of aliphatic hydroxyl groups is 1. The van der Waals surface area contributed by atoms with Crippen molar-refractivity contribution in [1.29, 1.82) is 0 Å². The molecule has 3 N–H and O–H groups in total. The van der Waals surface area contributed by atoms with Gasteiger partial charge in [0.1, 0.15) is 13.2 Å². The van der Waals surface area contributed by atoms with Crippen LogP contribution >= 0.6 is 7.82 Å². The van der Waals surface area contributed by atoms with Crippen molar-refractivity contribution < 1.29 is 32.9 Å². The summed E-state index contributed by atoms with van der Waals surface area (Å²) < 4.78 is 23.6. The van der Waals surface area contributed by atoms with Crippen LogP contribution in [-0.4, -0.2) is 73.4 Å². The molecule has 0 saturated carbocycles. The molecule has 0 radical (unpaired) electrons. The number of carbonyl (C=O) groups is 1. The number of phosphoric acid groups is 1. The molecule has 9 heteroatoms. The number of allylic oxidation sites excluding steroid dienone is 9. The van der Waals surface area contributed by atoms with E-state index in [0.717, 1.165) is 64.2 Å². The van der Waals surface area contributed by atoms with Gasteiger partial charge in [0, 0.05) is 6.42 Å². The van der Waals surface area contributed by atoms with Gasteiger partial charge in [-0.25, -0.2) is 4.57 Å². The van der Waals surface area contributed by atoms with Crippen molar-refractivity contribution >= 4 is 13.7 Å². The molecule has 3 atom stereocenters. The number of nitrogens with one attached hydrogen (secondary N) is 1. The molecule has 0 aromatic carbocycles. The lowest BCUT2D eigenvalue weighted by molar-refractivity contribution is -0.870. The van der Waals surface area contributed by atoms with Gasteiger partial charge >= 0.3 is 7.82 Å². The Bertz CT molecular complexity index is 1290. The van der Waals surface area contributed by atoms with E-state index in [4.69, 9.17) is 9.05 Å². The van der Waals surface area contributed by atoms with Crippen molar-refractivity contribution in [2.24, 2.45) is 0 Å². The summed E-state index contributed by atoms with van der Waals surface area (Å²) in [7, 11) is 1.58. The Morgan fingerprint density at radius 3 is 1.29 bits per heavy atom. The summed E-state index contributed by atoms with van der Waals surface area (Å²) in [5.41, 5.74) is 0. The molecule has 1 amide bonds. The zero-order chi connectivity index (χ0) is 49.9. The molecule has 0 aliphatic rings. The van der Waals surface area contributed by atoms with Gasteiger partial charge in [0.2, 0.25) is 5.91 Å². The first-order valence-electron chi connectivity index (χ1n) is 28.7. The van der Waals surface area contributed by atoms with Crippen molar-refractivity contribution in [3.05, 3.63) is 60.8 Å². The van der Waals surface area contributed by atoms with E-state index in [-0.39, 0.29) is 19.1 Å². The summed E-state index contributed by atoms with van der Waals surface area (Å²) in [6.07, 6.45) is 67.7. The standard InChI is InChI=1S/C59H111N2O6P/c1-6-8-10-12-14-16-18-19-20-21-22-23-24-25-26-27-28-29-30-31-32-33-34-35-36-37-38-39-40-41-43-45-47-49-51-53-59(63)60-57(56-67-68(64,65)66-55-54-61(3,4)5)58(62)52-50-48-46-44-42-17-15-13-11-9-7-2/h8,10,14,16,19-20,22-23,50,52,57-58,62H,6-7,9,11-13,15,17-18,21,24-49,51,53-56H2,1-5H3,(H-,60,63,64,65)/p+1/b10-8-,16-14-,20-19-,23-22-,52-50+. The molecule has 0 aliphatic heterocycles. The highest BCUT2D eigenvalue weighted by atomic mass is 31.2. The third-order valence-corrected chi connectivity index (χ3v) is 13.7. The first-order chi connectivity index (χ1) is 33.0.